The number of morpholine rings is 1. The van der Waals surface area contributed by atoms with E-state index >= 15 is 0 Å². The highest BCUT2D eigenvalue weighted by molar-refractivity contribution is 7.16. The van der Waals surface area contributed by atoms with Gasteiger partial charge in [-0.25, -0.2) is 0 Å². The summed E-state index contributed by atoms with van der Waals surface area (Å²) in [7, 11) is 0. The van der Waals surface area contributed by atoms with E-state index in [0.29, 0.717) is 12.0 Å². The van der Waals surface area contributed by atoms with Crippen LogP contribution >= 0.6 is 11.3 Å². The molecule has 128 valence electrons. The molecule has 3 rings (SSSR count). The number of hydrogen-bond donors (Lipinski definition) is 1. The number of carbonyl (C=O) groups excluding carboxylic acids is 1. The molecule has 0 spiro atoms. The minimum absolute atomic E-state index is 0.0364. The van der Waals surface area contributed by atoms with E-state index in [4.69, 9.17) is 4.74 Å². The first kappa shape index (κ1) is 16.9. The molecule has 1 aromatic rings. The number of anilines is 1. The fraction of sp³-hybridized carbons (Fsp3) is 0.722. The molecule has 0 bridgehead atoms. The van der Waals surface area contributed by atoms with Gasteiger partial charge in [-0.2, -0.15) is 0 Å². The highest BCUT2D eigenvalue weighted by Crippen LogP contribution is 2.45. The Morgan fingerprint density at radius 3 is 2.57 bits per heavy atom. The SMILES string of the molecule is CC(=O)Nc1sc2c(c1C(C(C)C)N1CCOCC1)CCCC2. The van der Waals surface area contributed by atoms with E-state index in [1.54, 1.807) is 6.92 Å². The standard InChI is InChI=1S/C18H28N2O2S/c1-12(2)17(20-8-10-22-11-9-20)16-14-6-4-5-7-15(14)23-18(16)19-13(3)21/h12,17H,4-11H2,1-3H3,(H,19,21). The summed E-state index contributed by atoms with van der Waals surface area (Å²) in [6.45, 7) is 9.78. The lowest BCUT2D eigenvalue weighted by Crippen LogP contribution is -2.41. The maximum absolute atomic E-state index is 11.7. The first-order valence-electron chi connectivity index (χ1n) is 8.81. The minimum Gasteiger partial charge on any atom is -0.379 e. The molecule has 1 amide bonds. The van der Waals surface area contributed by atoms with Gasteiger partial charge in [-0.15, -0.1) is 11.3 Å². The second-order valence-electron chi connectivity index (χ2n) is 6.97. The summed E-state index contributed by atoms with van der Waals surface area (Å²) < 4.78 is 5.55. The number of carbonyl (C=O) groups is 1. The summed E-state index contributed by atoms with van der Waals surface area (Å²) >= 11 is 1.81. The van der Waals surface area contributed by atoms with Crippen molar-refractivity contribution in [3.05, 3.63) is 16.0 Å². The molecule has 2 aliphatic rings. The van der Waals surface area contributed by atoms with Crippen molar-refractivity contribution in [1.82, 2.24) is 4.90 Å². The van der Waals surface area contributed by atoms with Crippen LogP contribution in [0, 0.1) is 5.92 Å². The monoisotopic (exact) mass is 336 g/mol. The van der Waals surface area contributed by atoms with Crippen LogP contribution in [0.15, 0.2) is 0 Å². The van der Waals surface area contributed by atoms with Crippen molar-refractivity contribution in [3.8, 4) is 0 Å². The average Bonchev–Trinajstić information content (AvgIpc) is 2.86. The Labute approximate surface area is 143 Å². The molecule has 5 heteroatoms. The fourth-order valence-corrected chi connectivity index (χ4v) is 5.33. The van der Waals surface area contributed by atoms with Gasteiger partial charge < -0.3 is 10.1 Å². The first-order chi connectivity index (χ1) is 11.1. The van der Waals surface area contributed by atoms with Gasteiger partial charge in [0.1, 0.15) is 5.00 Å². The van der Waals surface area contributed by atoms with Crippen LogP contribution in [0.2, 0.25) is 0 Å². The third-order valence-corrected chi connectivity index (χ3v) is 6.09. The van der Waals surface area contributed by atoms with Gasteiger partial charge >= 0.3 is 0 Å². The maximum Gasteiger partial charge on any atom is 0.221 e. The summed E-state index contributed by atoms with van der Waals surface area (Å²) in [4.78, 5) is 15.8. The third-order valence-electron chi connectivity index (χ3n) is 4.87. The van der Waals surface area contributed by atoms with Crippen LogP contribution in [0.4, 0.5) is 5.00 Å². The van der Waals surface area contributed by atoms with Crippen LogP contribution < -0.4 is 5.32 Å². The van der Waals surface area contributed by atoms with Gasteiger partial charge in [-0.1, -0.05) is 13.8 Å². The van der Waals surface area contributed by atoms with E-state index in [0.717, 1.165) is 37.7 Å². The van der Waals surface area contributed by atoms with Crippen LogP contribution in [0.25, 0.3) is 0 Å². The van der Waals surface area contributed by atoms with E-state index in [9.17, 15) is 4.79 Å². The predicted octanol–water partition coefficient (Wildman–Crippen LogP) is 3.61. The Balaban J connectivity index is 2.02. The van der Waals surface area contributed by atoms with Crippen molar-refractivity contribution in [2.24, 2.45) is 5.92 Å². The number of nitrogens with one attached hydrogen (secondary N) is 1. The lowest BCUT2D eigenvalue weighted by atomic mass is 9.87. The smallest absolute Gasteiger partial charge is 0.221 e. The quantitative estimate of drug-likeness (QED) is 0.913. The third kappa shape index (κ3) is 3.62. The maximum atomic E-state index is 11.7. The van der Waals surface area contributed by atoms with Crippen LogP contribution in [-0.4, -0.2) is 37.1 Å². The van der Waals surface area contributed by atoms with Gasteiger partial charge in [0.15, 0.2) is 0 Å². The van der Waals surface area contributed by atoms with Crippen LogP contribution in [0.3, 0.4) is 0 Å². The number of hydrogen-bond acceptors (Lipinski definition) is 4. The van der Waals surface area contributed by atoms with Crippen molar-refractivity contribution in [3.63, 3.8) is 0 Å². The van der Waals surface area contributed by atoms with Gasteiger partial charge in [-0.3, -0.25) is 9.69 Å². The number of fused-ring (bicyclic) bond motifs is 1. The number of amides is 1. The second kappa shape index (κ2) is 7.32. The Morgan fingerprint density at radius 1 is 1.22 bits per heavy atom. The molecule has 0 aromatic carbocycles. The zero-order valence-corrected chi connectivity index (χ0v) is 15.3. The number of aryl methyl sites for hydroxylation is 1. The predicted molar refractivity (Wildman–Crippen MR) is 95.2 cm³/mol. The fourth-order valence-electron chi connectivity index (χ4n) is 3.95. The molecule has 1 saturated heterocycles. The van der Waals surface area contributed by atoms with Crippen molar-refractivity contribution in [2.45, 2.75) is 52.5 Å². The highest BCUT2D eigenvalue weighted by atomic mass is 32.1. The molecule has 1 aliphatic heterocycles. The largest absolute Gasteiger partial charge is 0.379 e. The molecule has 23 heavy (non-hydrogen) atoms. The number of thiophene rings is 1. The summed E-state index contributed by atoms with van der Waals surface area (Å²) in [6.07, 6.45) is 4.87. The van der Waals surface area contributed by atoms with Crippen LogP contribution in [-0.2, 0) is 22.4 Å². The van der Waals surface area contributed by atoms with Gasteiger partial charge in [0.2, 0.25) is 5.91 Å². The first-order valence-corrected chi connectivity index (χ1v) is 9.63. The molecule has 1 aliphatic carbocycles. The van der Waals surface area contributed by atoms with Crippen molar-refractivity contribution < 1.29 is 9.53 Å². The molecule has 0 saturated carbocycles. The zero-order chi connectivity index (χ0) is 16.4. The lowest BCUT2D eigenvalue weighted by Gasteiger charge is -2.38. The molecule has 1 fully saturated rings. The normalized spacial score (nSPS) is 20.3. The molecule has 4 nitrogen and oxygen atoms in total. The Hall–Kier alpha value is -0.910. The van der Waals surface area contributed by atoms with E-state index in [1.807, 2.05) is 11.3 Å². The van der Waals surface area contributed by atoms with E-state index < -0.39 is 0 Å². The van der Waals surface area contributed by atoms with E-state index in [1.165, 1.54) is 35.3 Å². The molecular formula is C18H28N2O2S. The molecule has 2 heterocycles. The molecule has 1 unspecified atom stereocenters. The van der Waals surface area contributed by atoms with Gasteiger partial charge in [0, 0.05) is 36.5 Å². The van der Waals surface area contributed by atoms with Crippen LogP contribution in [0.1, 0.15) is 55.7 Å². The molecule has 1 aromatic heterocycles. The number of nitrogens with zero attached hydrogens (tertiary/aromatic N) is 1. The Bertz CT molecular complexity index is 562. The van der Waals surface area contributed by atoms with E-state index in [-0.39, 0.29) is 5.91 Å². The molecule has 1 atom stereocenters. The number of ether oxygens (including phenoxy) is 1. The Morgan fingerprint density at radius 2 is 1.91 bits per heavy atom. The van der Waals surface area contributed by atoms with Crippen molar-refractivity contribution in [1.29, 1.82) is 0 Å². The second-order valence-corrected chi connectivity index (χ2v) is 8.08. The summed E-state index contributed by atoms with van der Waals surface area (Å²) in [5.74, 6) is 0.551. The summed E-state index contributed by atoms with van der Waals surface area (Å²) in [5.41, 5.74) is 2.92. The molecule has 0 radical (unpaired) electrons. The zero-order valence-electron chi connectivity index (χ0n) is 14.5. The van der Waals surface area contributed by atoms with E-state index in [2.05, 4.69) is 24.1 Å². The van der Waals surface area contributed by atoms with Crippen LogP contribution in [0.5, 0.6) is 0 Å². The van der Waals surface area contributed by atoms with Crippen molar-refractivity contribution >= 4 is 22.2 Å². The number of rotatable bonds is 4. The lowest BCUT2D eigenvalue weighted by molar-refractivity contribution is -0.114. The Kier molecular flexibility index (Phi) is 5.39. The molecular weight excluding hydrogens is 308 g/mol. The van der Waals surface area contributed by atoms with Gasteiger partial charge in [0.25, 0.3) is 0 Å². The van der Waals surface area contributed by atoms with Gasteiger partial charge in [-0.05, 0) is 37.2 Å². The average molecular weight is 337 g/mol. The summed E-state index contributed by atoms with van der Waals surface area (Å²) in [5, 5.41) is 4.22. The molecule has 1 N–H and O–H groups in total. The highest BCUT2D eigenvalue weighted by Gasteiger charge is 2.33. The topological polar surface area (TPSA) is 41.6 Å². The van der Waals surface area contributed by atoms with Gasteiger partial charge in [0.05, 0.1) is 13.2 Å². The minimum atomic E-state index is 0.0364. The summed E-state index contributed by atoms with van der Waals surface area (Å²) in [6, 6.07) is 0.374. The van der Waals surface area contributed by atoms with Crippen molar-refractivity contribution in [2.75, 3.05) is 31.6 Å².